The van der Waals surface area contributed by atoms with Crippen LogP contribution in [0.1, 0.15) is 74.9 Å². The van der Waals surface area contributed by atoms with Gasteiger partial charge in [-0.2, -0.15) is 0 Å². The first kappa shape index (κ1) is 16.8. The van der Waals surface area contributed by atoms with E-state index in [1.54, 1.807) is 0 Å². The van der Waals surface area contributed by atoms with Crippen molar-refractivity contribution >= 4 is 11.1 Å². The van der Waals surface area contributed by atoms with Gasteiger partial charge in [-0.25, -0.2) is 0 Å². The van der Waals surface area contributed by atoms with Crippen molar-refractivity contribution in [3.05, 3.63) is 46.5 Å². The minimum atomic E-state index is 1.05. The van der Waals surface area contributed by atoms with Gasteiger partial charge in [0.05, 0.1) is 0 Å². The zero-order valence-corrected chi connectivity index (χ0v) is 14.2. The molecule has 0 aliphatic heterocycles. The van der Waals surface area contributed by atoms with Gasteiger partial charge in [-0.15, -0.1) is 0 Å². The molecule has 0 saturated heterocycles. The van der Waals surface area contributed by atoms with Crippen LogP contribution in [0.5, 0.6) is 0 Å². The van der Waals surface area contributed by atoms with Crippen LogP contribution in [0.4, 0.5) is 0 Å². The molecule has 0 heterocycles. The molecule has 0 aromatic heterocycles. The van der Waals surface area contributed by atoms with Gasteiger partial charge in [0.25, 0.3) is 0 Å². The first-order valence-electron chi connectivity index (χ1n) is 7.95. The second-order valence-electron chi connectivity index (χ2n) is 5.64. The molecule has 0 N–H and O–H groups in total. The topological polar surface area (TPSA) is 0 Å². The Hall–Kier alpha value is -1.30. The number of hydrogen-bond donors (Lipinski definition) is 0. The normalized spacial score (nSPS) is 10.7. The average Bonchev–Trinajstić information content (AvgIpc) is 2.42. The van der Waals surface area contributed by atoms with Gasteiger partial charge in [0.2, 0.25) is 0 Å². The highest BCUT2D eigenvalue weighted by Crippen LogP contribution is 2.36. The molecular formula is C20H30. The maximum atomic E-state index is 4.24. The predicted octanol–water partition coefficient (Wildman–Crippen LogP) is 6.00. The maximum Gasteiger partial charge on any atom is -0.0160 e. The van der Waals surface area contributed by atoms with E-state index in [1.807, 2.05) is 0 Å². The average molecular weight is 270 g/mol. The van der Waals surface area contributed by atoms with Gasteiger partial charge >= 0.3 is 0 Å². The molecular weight excluding hydrogens is 240 g/mol. The lowest BCUT2D eigenvalue weighted by atomic mass is 9.79. The van der Waals surface area contributed by atoms with Crippen LogP contribution >= 0.6 is 0 Å². The van der Waals surface area contributed by atoms with Gasteiger partial charge in [-0.05, 0) is 72.9 Å². The van der Waals surface area contributed by atoms with Gasteiger partial charge in [0.15, 0.2) is 0 Å². The molecule has 0 fully saturated rings. The maximum absolute atomic E-state index is 4.24. The van der Waals surface area contributed by atoms with Gasteiger partial charge in [0.1, 0.15) is 0 Å². The van der Waals surface area contributed by atoms with Crippen LogP contribution in [0.15, 0.2) is 13.2 Å². The predicted molar refractivity (Wildman–Crippen MR) is 93.4 cm³/mol. The van der Waals surface area contributed by atoms with Crippen molar-refractivity contribution in [1.29, 1.82) is 0 Å². The Kier molecular flexibility index (Phi) is 5.80. The summed E-state index contributed by atoms with van der Waals surface area (Å²) in [5.74, 6) is 0. The second-order valence-corrected chi connectivity index (χ2v) is 5.64. The largest absolute Gasteiger partial charge is 0.0955 e. The summed E-state index contributed by atoms with van der Waals surface area (Å²) in [5, 5.41) is 0. The second kappa shape index (κ2) is 6.92. The third-order valence-corrected chi connectivity index (χ3v) is 4.20. The summed E-state index contributed by atoms with van der Waals surface area (Å²) in [6.07, 6.45) is 4.31. The van der Waals surface area contributed by atoms with Gasteiger partial charge in [0, 0.05) is 0 Å². The minimum absolute atomic E-state index is 1.05. The molecule has 1 aromatic carbocycles. The molecule has 0 spiro atoms. The molecule has 0 radical (unpaired) electrons. The van der Waals surface area contributed by atoms with Crippen LogP contribution in [0.25, 0.3) is 11.1 Å². The van der Waals surface area contributed by atoms with Gasteiger partial charge < -0.3 is 0 Å². The highest BCUT2D eigenvalue weighted by Gasteiger charge is 2.20. The lowest BCUT2D eigenvalue weighted by molar-refractivity contribution is 0.947. The molecule has 0 aliphatic carbocycles. The molecule has 0 atom stereocenters. The van der Waals surface area contributed by atoms with Crippen molar-refractivity contribution in [3.63, 3.8) is 0 Å². The number of allylic oxidation sites excluding steroid dienone is 2. The van der Waals surface area contributed by atoms with Crippen LogP contribution in [-0.2, 0) is 25.7 Å². The highest BCUT2D eigenvalue weighted by atomic mass is 14.2. The number of benzene rings is 1. The van der Waals surface area contributed by atoms with Crippen LogP contribution in [0.2, 0.25) is 0 Å². The Morgan fingerprint density at radius 1 is 0.600 bits per heavy atom. The molecule has 0 bridgehead atoms. The molecule has 0 aliphatic rings. The summed E-state index contributed by atoms with van der Waals surface area (Å²) in [5.41, 5.74) is 11.2. The standard InChI is InChI=1S/C20H30/c1-9-15-16(10-2)19(13(5)6)18(12-4)20(14(7)8)17(15)11-3/h5,7,9-12H2,1-4,6,8H3. The van der Waals surface area contributed by atoms with Crippen molar-refractivity contribution in [1.82, 2.24) is 0 Å². The van der Waals surface area contributed by atoms with Crippen molar-refractivity contribution in [2.24, 2.45) is 0 Å². The minimum Gasteiger partial charge on any atom is -0.0955 e. The lowest BCUT2D eigenvalue weighted by Gasteiger charge is -2.26. The summed E-state index contributed by atoms with van der Waals surface area (Å²) in [6.45, 7) is 21.8. The summed E-state index contributed by atoms with van der Waals surface area (Å²) in [7, 11) is 0. The quantitative estimate of drug-likeness (QED) is 0.594. The van der Waals surface area contributed by atoms with Gasteiger partial charge in [-0.3, -0.25) is 0 Å². The molecule has 0 heteroatoms. The van der Waals surface area contributed by atoms with Crippen molar-refractivity contribution < 1.29 is 0 Å². The molecule has 1 rings (SSSR count). The molecule has 20 heavy (non-hydrogen) atoms. The third-order valence-electron chi connectivity index (χ3n) is 4.20. The smallest absolute Gasteiger partial charge is 0.0160 e. The van der Waals surface area contributed by atoms with E-state index in [-0.39, 0.29) is 0 Å². The van der Waals surface area contributed by atoms with Crippen molar-refractivity contribution in [2.45, 2.75) is 67.2 Å². The zero-order valence-electron chi connectivity index (χ0n) is 14.2. The Balaban J connectivity index is 3.98. The van der Waals surface area contributed by atoms with Crippen LogP contribution in [0.3, 0.4) is 0 Å². The molecule has 0 nitrogen and oxygen atoms in total. The molecule has 0 amide bonds. The summed E-state index contributed by atoms with van der Waals surface area (Å²) in [4.78, 5) is 0. The first-order chi connectivity index (χ1) is 9.44. The third kappa shape index (κ3) is 2.75. The van der Waals surface area contributed by atoms with E-state index in [0.29, 0.717) is 0 Å². The fraction of sp³-hybridized carbons (Fsp3) is 0.500. The fourth-order valence-electron chi connectivity index (χ4n) is 3.56. The van der Waals surface area contributed by atoms with E-state index in [4.69, 9.17) is 0 Å². The first-order valence-corrected chi connectivity index (χ1v) is 7.95. The van der Waals surface area contributed by atoms with E-state index in [9.17, 15) is 0 Å². The molecule has 0 saturated carbocycles. The summed E-state index contributed by atoms with van der Waals surface area (Å²) >= 11 is 0. The van der Waals surface area contributed by atoms with E-state index >= 15 is 0 Å². The number of rotatable bonds is 6. The van der Waals surface area contributed by atoms with Crippen LogP contribution in [0, 0.1) is 0 Å². The molecule has 110 valence electrons. The van der Waals surface area contributed by atoms with Crippen molar-refractivity contribution in [2.75, 3.05) is 0 Å². The SMILES string of the molecule is C=C(C)c1c(CC)c(CC)c(CC)c(C(=C)C)c1CC. The Labute approximate surface area is 125 Å². The monoisotopic (exact) mass is 270 g/mol. The van der Waals surface area contributed by atoms with Crippen LogP contribution < -0.4 is 0 Å². The summed E-state index contributed by atoms with van der Waals surface area (Å²) in [6, 6.07) is 0. The number of hydrogen-bond acceptors (Lipinski definition) is 0. The Morgan fingerprint density at radius 3 is 1.10 bits per heavy atom. The Morgan fingerprint density at radius 2 is 0.900 bits per heavy atom. The lowest BCUT2D eigenvalue weighted by Crippen LogP contribution is -2.11. The summed E-state index contributed by atoms with van der Waals surface area (Å²) < 4.78 is 0. The van der Waals surface area contributed by atoms with Crippen molar-refractivity contribution in [3.8, 4) is 0 Å². The molecule has 0 unspecified atom stereocenters. The zero-order chi connectivity index (χ0) is 15.4. The fourth-order valence-corrected chi connectivity index (χ4v) is 3.56. The van der Waals surface area contributed by atoms with Gasteiger partial charge in [-0.1, -0.05) is 52.0 Å². The van der Waals surface area contributed by atoms with Crippen LogP contribution in [-0.4, -0.2) is 0 Å². The van der Waals surface area contributed by atoms with E-state index in [2.05, 4.69) is 54.7 Å². The highest BCUT2D eigenvalue weighted by molar-refractivity contribution is 5.79. The van der Waals surface area contributed by atoms with E-state index < -0.39 is 0 Å². The Bertz CT molecular complexity index is 486. The van der Waals surface area contributed by atoms with E-state index in [1.165, 1.54) is 44.5 Å². The molecule has 1 aromatic rings. The van der Waals surface area contributed by atoms with E-state index in [0.717, 1.165) is 25.7 Å².